The van der Waals surface area contributed by atoms with Crippen LogP contribution < -0.4 is 5.32 Å². The molecule has 1 aromatic rings. The lowest BCUT2D eigenvalue weighted by Crippen LogP contribution is -2.80. The van der Waals surface area contributed by atoms with Gasteiger partial charge in [0.25, 0.3) is 0 Å². The molecule has 2 heterocycles. The van der Waals surface area contributed by atoms with E-state index in [4.69, 9.17) is 12.6 Å². The van der Waals surface area contributed by atoms with E-state index < -0.39 is 33.0 Å². The van der Waals surface area contributed by atoms with Crippen LogP contribution in [0.1, 0.15) is 50.7 Å². The third kappa shape index (κ3) is 5.29. The van der Waals surface area contributed by atoms with Crippen molar-refractivity contribution in [2.24, 2.45) is 14.1 Å². The second kappa shape index (κ2) is 10.4. The third-order valence-corrected chi connectivity index (χ3v) is 8.91. The smallest absolute Gasteiger partial charge is 0.329 e. The highest BCUT2D eigenvalue weighted by Crippen LogP contribution is 2.47. The molecule has 0 bridgehead atoms. The molecule has 2 aliphatic heterocycles. The number of nitrogens with zero attached hydrogens (tertiary/aromatic N) is 4. The number of carbonyl (C=O) groups excluding carboxylic acids is 1. The van der Waals surface area contributed by atoms with Gasteiger partial charge in [-0.15, -0.1) is 0 Å². The SMILES string of the molecule is C=C1C(=C(N=CC)C2C(=O)[NH2+]c3ccc(C#N)cc32)N=IN1C1CC(COC)C(OC(C)(C)O)C1. The second-order valence-corrected chi connectivity index (χ2v) is 11.4. The Morgan fingerprint density at radius 2 is 2.26 bits per heavy atom. The van der Waals surface area contributed by atoms with Gasteiger partial charge >= 0.3 is 5.91 Å². The molecule has 1 aliphatic carbocycles. The average molecular weight is 592 g/mol. The predicted molar refractivity (Wildman–Crippen MR) is 139 cm³/mol. The molecule has 9 nitrogen and oxygen atoms in total. The molecule has 186 valence electrons. The summed E-state index contributed by atoms with van der Waals surface area (Å²) in [5, 5.41) is 21.2. The molecule has 35 heavy (non-hydrogen) atoms. The van der Waals surface area contributed by atoms with Crippen LogP contribution in [0.4, 0.5) is 5.69 Å². The van der Waals surface area contributed by atoms with Crippen LogP contribution >= 0.6 is 21.3 Å². The number of rotatable bonds is 7. The van der Waals surface area contributed by atoms with Crippen molar-refractivity contribution in [1.29, 1.82) is 5.26 Å². The Hall–Kier alpha value is -2.30. The maximum absolute atomic E-state index is 13.1. The van der Waals surface area contributed by atoms with E-state index in [9.17, 15) is 15.2 Å². The summed E-state index contributed by atoms with van der Waals surface area (Å²) in [4.78, 5) is 17.7. The quantitative estimate of drug-likeness (QED) is 0.165. The molecule has 1 fully saturated rings. The number of methoxy groups -OCH3 is 1. The molecule has 0 radical (unpaired) electrons. The number of amides is 1. The highest BCUT2D eigenvalue weighted by Gasteiger charge is 2.45. The number of nitrogens with two attached hydrogens (primary N) is 1. The standard InChI is InChI=1S/C25H30IN5O4/c1-6-28-23(21-18-9-15(12-27)7-8-19(18)29-24(21)32)22-14(2)31(26-30-22)17-10-16(13-34-5)20(11-17)35-25(3,4)33/h6-9,16-17,20-21,33H,2,10-11,13H2,1,3-5H3,(H,29,32)/p+1. The zero-order valence-electron chi connectivity index (χ0n) is 20.4. The predicted octanol–water partition coefficient (Wildman–Crippen LogP) is 3.12. The Labute approximate surface area is 216 Å². The number of nitriles is 1. The zero-order chi connectivity index (χ0) is 25.3. The summed E-state index contributed by atoms with van der Waals surface area (Å²) in [6.45, 7) is 9.99. The lowest BCUT2D eigenvalue weighted by molar-refractivity contribution is -0.477. The summed E-state index contributed by atoms with van der Waals surface area (Å²) < 4.78 is 18.5. The molecule has 0 spiro atoms. The lowest BCUT2D eigenvalue weighted by atomic mass is 9.94. The van der Waals surface area contributed by atoms with Gasteiger partial charge in [0.2, 0.25) is 0 Å². The van der Waals surface area contributed by atoms with E-state index in [0.717, 1.165) is 29.8 Å². The van der Waals surface area contributed by atoms with Gasteiger partial charge in [-0.1, -0.05) is 6.58 Å². The van der Waals surface area contributed by atoms with Crippen molar-refractivity contribution in [2.45, 2.75) is 57.5 Å². The number of aliphatic imine (C=N–C) groups is 1. The van der Waals surface area contributed by atoms with Crippen LogP contribution in [-0.4, -0.2) is 52.0 Å². The first-order chi connectivity index (χ1) is 16.7. The number of halogens is 1. The minimum Gasteiger partial charge on any atom is -0.384 e. The first kappa shape index (κ1) is 25.8. The van der Waals surface area contributed by atoms with E-state index in [1.807, 2.05) is 6.92 Å². The van der Waals surface area contributed by atoms with Gasteiger partial charge in [-0.3, -0.25) is 4.99 Å². The summed E-state index contributed by atoms with van der Waals surface area (Å²) in [6, 6.07) is 7.60. The van der Waals surface area contributed by atoms with Crippen molar-refractivity contribution in [3.63, 3.8) is 0 Å². The van der Waals surface area contributed by atoms with Crippen molar-refractivity contribution in [3.8, 4) is 6.07 Å². The van der Waals surface area contributed by atoms with E-state index in [1.165, 1.54) is 0 Å². The van der Waals surface area contributed by atoms with Gasteiger partial charge in [0, 0.05) is 36.9 Å². The Bertz CT molecular complexity index is 1160. The summed E-state index contributed by atoms with van der Waals surface area (Å²) in [7, 11) is 1.67. The summed E-state index contributed by atoms with van der Waals surface area (Å²) >= 11 is -0.759. The van der Waals surface area contributed by atoms with Crippen LogP contribution in [0.2, 0.25) is 0 Å². The van der Waals surface area contributed by atoms with E-state index in [2.05, 4.69) is 20.8 Å². The van der Waals surface area contributed by atoms with Gasteiger partial charge in [-0.25, -0.2) is 13.3 Å². The van der Waals surface area contributed by atoms with Gasteiger partial charge in [0.15, 0.2) is 5.79 Å². The Balaban J connectivity index is 1.64. The summed E-state index contributed by atoms with van der Waals surface area (Å²) in [5.41, 5.74) is 4.09. The fourth-order valence-corrected chi connectivity index (χ4v) is 7.27. The Morgan fingerprint density at radius 3 is 2.91 bits per heavy atom. The first-order valence-corrected chi connectivity index (χ1v) is 13.5. The van der Waals surface area contributed by atoms with E-state index in [0.29, 0.717) is 23.6 Å². The molecule has 4 unspecified atom stereocenters. The Morgan fingerprint density at radius 1 is 1.49 bits per heavy atom. The lowest BCUT2D eigenvalue weighted by Gasteiger charge is -2.27. The normalized spacial score (nSPS) is 27.9. The van der Waals surface area contributed by atoms with Crippen LogP contribution in [0, 0.1) is 17.2 Å². The maximum atomic E-state index is 13.1. The molecule has 1 amide bonds. The number of primary amides is 1. The van der Waals surface area contributed by atoms with Crippen molar-refractivity contribution in [2.75, 3.05) is 13.7 Å². The third-order valence-electron chi connectivity index (χ3n) is 6.37. The fourth-order valence-electron chi connectivity index (χ4n) is 5.00. The monoisotopic (exact) mass is 592 g/mol. The molecule has 3 aliphatic rings. The summed E-state index contributed by atoms with van der Waals surface area (Å²) in [6.07, 6.45) is 3.10. The topological polar surface area (TPSA) is 124 Å². The molecule has 4 atom stereocenters. The number of ether oxygens (including phenoxy) is 2. The van der Waals surface area contributed by atoms with Crippen molar-refractivity contribution in [3.05, 3.63) is 53.0 Å². The first-order valence-electron chi connectivity index (χ1n) is 11.6. The van der Waals surface area contributed by atoms with E-state index >= 15 is 0 Å². The highest BCUT2D eigenvalue weighted by atomic mass is 127. The van der Waals surface area contributed by atoms with Crippen LogP contribution in [0.5, 0.6) is 0 Å². The number of hydrogen-bond acceptors (Lipinski definition) is 8. The number of quaternary nitrogens is 1. The van der Waals surface area contributed by atoms with Crippen LogP contribution in [0.15, 0.2) is 50.0 Å². The maximum Gasteiger partial charge on any atom is 0.329 e. The highest BCUT2D eigenvalue weighted by molar-refractivity contribution is 14.1. The van der Waals surface area contributed by atoms with Crippen molar-refractivity contribution >= 4 is 39.1 Å². The molecule has 0 aromatic heterocycles. The second-order valence-electron chi connectivity index (χ2n) is 9.42. The molecule has 1 saturated carbocycles. The number of benzene rings is 1. The molecule has 1 aromatic carbocycles. The number of carbonyl (C=O) groups is 1. The molecule has 0 saturated heterocycles. The Kier molecular flexibility index (Phi) is 7.63. The fraction of sp³-hybridized carbons (Fsp3) is 0.480. The van der Waals surface area contributed by atoms with Crippen LogP contribution in [0.25, 0.3) is 0 Å². The minimum absolute atomic E-state index is 0.0671. The van der Waals surface area contributed by atoms with E-state index in [1.54, 1.807) is 50.7 Å². The molecule has 3 N–H and O–H groups in total. The van der Waals surface area contributed by atoms with Crippen LogP contribution in [0.3, 0.4) is 0 Å². The zero-order valence-corrected chi connectivity index (χ0v) is 22.5. The van der Waals surface area contributed by atoms with Gasteiger partial charge in [0.1, 0.15) is 38.6 Å². The van der Waals surface area contributed by atoms with E-state index in [-0.39, 0.29) is 24.0 Å². The van der Waals surface area contributed by atoms with Gasteiger partial charge in [-0.2, -0.15) is 5.26 Å². The average Bonchev–Trinajstić information content (AvgIpc) is 3.46. The van der Waals surface area contributed by atoms with Crippen LogP contribution in [-0.2, 0) is 14.3 Å². The molecule has 10 heteroatoms. The van der Waals surface area contributed by atoms with Crippen molar-refractivity contribution < 1.29 is 24.7 Å². The molecular formula is C25H31IN5O4+. The number of fused-ring (bicyclic) bond motifs is 1. The van der Waals surface area contributed by atoms with Gasteiger partial charge in [-0.05, 0) is 45.7 Å². The molecule has 4 rings (SSSR count). The largest absolute Gasteiger partial charge is 0.384 e. The number of aliphatic hydroxyl groups is 1. The molecular weight excluding hydrogens is 561 g/mol. The number of hydrogen-bond donors (Lipinski definition) is 2. The summed E-state index contributed by atoms with van der Waals surface area (Å²) in [5.74, 6) is -1.75. The van der Waals surface area contributed by atoms with Gasteiger partial charge < -0.3 is 17.7 Å². The van der Waals surface area contributed by atoms with Gasteiger partial charge in [0.05, 0.1) is 35.7 Å². The minimum atomic E-state index is -1.23. The van der Waals surface area contributed by atoms with Crippen molar-refractivity contribution in [1.82, 2.24) is 3.11 Å².